The van der Waals surface area contributed by atoms with Crippen molar-refractivity contribution < 1.29 is 41.8 Å². The maximum absolute atomic E-state index is 13.7. The third-order valence-corrected chi connectivity index (χ3v) is 7.23. The number of thiocarbonyl (C=S) groups is 1. The Balaban J connectivity index is 1.59. The Bertz CT molecular complexity index is 1530. The number of nitrogens with zero attached hydrogens (tertiary/aromatic N) is 2. The normalized spacial score (nSPS) is 15.0. The van der Waals surface area contributed by atoms with Crippen LogP contribution in [0.25, 0.3) is 0 Å². The Morgan fingerprint density at radius 3 is 2.28 bits per heavy atom. The van der Waals surface area contributed by atoms with Crippen molar-refractivity contribution in [1.82, 2.24) is 4.90 Å². The number of anilines is 2. The molecule has 2 amide bonds. The molecule has 226 valence electrons. The van der Waals surface area contributed by atoms with E-state index in [-0.39, 0.29) is 29.3 Å². The predicted octanol–water partition coefficient (Wildman–Crippen LogP) is 5.08. The van der Waals surface area contributed by atoms with Gasteiger partial charge in [0.25, 0.3) is 5.91 Å². The summed E-state index contributed by atoms with van der Waals surface area (Å²) >= 11 is 5.60. The molecule has 0 saturated carbocycles. The van der Waals surface area contributed by atoms with Crippen molar-refractivity contribution in [2.75, 3.05) is 38.1 Å². The highest BCUT2D eigenvalue weighted by Gasteiger charge is 2.44. The molecule has 1 saturated heterocycles. The number of methoxy groups -OCH3 is 3. The average molecular weight is 616 g/mol. The molecule has 1 aliphatic heterocycles. The van der Waals surface area contributed by atoms with E-state index in [0.717, 1.165) is 22.6 Å². The van der Waals surface area contributed by atoms with Crippen molar-refractivity contribution in [2.45, 2.75) is 25.1 Å². The molecule has 0 aliphatic carbocycles. The van der Waals surface area contributed by atoms with Crippen LogP contribution in [0.1, 0.15) is 27.9 Å². The van der Waals surface area contributed by atoms with Gasteiger partial charge >= 0.3 is 12.1 Å². The summed E-state index contributed by atoms with van der Waals surface area (Å²) in [5, 5.41) is 2.66. The zero-order valence-corrected chi connectivity index (χ0v) is 24.3. The number of hydrogen-bond acceptors (Lipinski definition) is 7. The Hall–Kier alpha value is -4.65. The largest absolute Gasteiger partial charge is 0.493 e. The van der Waals surface area contributed by atoms with Crippen LogP contribution in [0.3, 0.4) is 0 Å². The van der Waals surface area contributed by atoms with Gasteiger partial charge in [-0.2, -0.15) is 13.2 Å². The van der Waals surface area contributed by atoms with Crippen LogP contribution in [0.5, 0.6) is 11.5 Å². The predicted molar refractivity (Wildman–Crippen MR) is 156 cm³/mol. The van der Waals surface area contributed by atoms with E-state index in [0.29, 0.717) is 23.6 Å². The van der Waals surface area contributed by atoms with Crippen LogP contribution in [-0.4, -0.2) is 61.7 Å². The lowest BCUT2D eigenvalue weighted by atomic mass is 10.1. The third kappa shape index (κ3) is 7.05. The molecule has 4 rings (SSSR count). The Morgan fingerprint density at radius 1 is 0.953 bits per heavy atom. The van der Waals surface area contributed by atoms with Gasteiger partial charge in [-0.25, -0.2) is 4.79 Å². The third-order valence-electron chi connectivity index (χ3n) is 6.81. The first kappa shape index (κ1) is 31.3. The fraction of sp³-hybridized carbons (Fsp3) is 0.267. The van der Waals surface area contributed by atoms with Gasteiger partial charge in [0.1, 0.15) is 6.04 Å². The van der Waals surface area contributed by atoms with Crippen molar-refractivity contribution >= 4 is 46.5 Å². The number of benzene rings is 3. The van der Waals surface area contributed by atoms with Gasteiger partial charge in [0.15, 0.2) is 16.6 Å². The van der Waals surface area contributed by atoms with Gasteiger partial charge in [-0.1, -0.05) is 12.1 Å². The van der Waals surface area contributed by atoms with E-state index in [4.69, 9.17) is 21.7 Å². The van der Waals surface area contributed by atoms with Gasteiger partial charge in [-0.3, -0.25) is 14.5 Å². The van der Waals surface area contributed by atoms with Crippen LogP contribution in [0, 0.1) is 0 Å². The summed E-state index contributed by atoms with van der Waals surface area (Å²) in [4.78, 5) is 41.0. The number of alkyl halides is 3. The van der Waals surface area contributed by atoms with Gasteiger partial charge in [0.2, 0.25) is 5.91 Å². The summed E-state index contributed by atoms with van der Waals surface area (Å²) in [5.74, 6) is -0.674. The Morgan fingerprint density at radius 2 is 1.65 bits per heavy atom. The van der Waals surface area contributed by atoms with E-state index in [9.17, 15) is 27.6 Å². The molecule has 1 fully saturated rings. The molecular formula is C30H28F3N3O6S. The van der Waals surface area contributed by atoms with E-state index in [2.05, 4.69) is 10.1 Å². The second-order valence-electron chi connectivity index (χ2n) is 9.47. The molecule has 0 aromatic heterocycles. The van der Waals surface area contributed by atoms with Crippen molar-refractivity contribution in [3.8, 4) is 11.5 Å². The molecular weight excluding hydrogens is 587 g/mol. The van der Waals surface area contributed by atoms with E-state index >= 15 is 0 Å². The summed E-state index contributed by atoms with van der Waals surface area (Å²) in [5.41, 5.74) is 0.489. The van der Waals surface area contributed by atoms with E-state index in [1.807, 2.05) is 6.07 Å². The standard InChI is InChI=1S/C30H28F3N3O6S/c1-40-24-12-7-18(15-25(24)41-2)13-14-35-23(17-26(37)34-21-10-8-19(9-11-21)28(39)42-3)27(38)36(29(35)43)22-6-4-5-20(16-22)30(31,32)33/h4-12,15-16,23H,13-14,17H2,1-3H3,(H,34,37). The van der Waals surface area contributed by atoms with E-state index in [1.165, 1.54) is 62.6 Å². The summed E-state index contributed by atoms with van der Waals surface area (Å²) < 4.78 is 55.7. The van der Waals surface area contributed by atoms with Crippen molar-refractivity contribution in [3.63, 3.8) is 0 Å². The summed E-state index contributed by atoms with van der Waals surface area (Å²) in [6, 6.07) is 14.5. The summed E-state index contributed by atoms with van der Waals surface area (Å²) in [6.07, 6.45) is -4.59. The maximum atomic E-state index is 13.7. The van der Waals surface area contributed by atoms with Gasteiger partial charge in [0.05, 0.1) is 44.6 Å². The minimum Gasteiger partial charge on any atom is -0.493 e. The van der Waals surface area contributed by atoms with Crippen molar-refractivity contribution in [3.05, 3.63) is 83.4 Å². The lowest BCUT2D eigenvalue weighted by molar-refractivity contribution is -0.137. The number of halogens is 3. The van der Waals surface area contributed by atoms with Gasteiger partial charge < -0.3 is 24.4 Å². The zero-order chi connectivity index (χ0) is 31.3. The number of carbonyl (C=O) groups is 3. The molecule has 1 unspecified atom stereocenters. The molecule has 1 atom stereocenters. The average Bonchev–Trinajstić information content (AvgIpc) is 3.22. The fourth-order valence-corrected chi connectivity index (χ4v) is 5.04. The van der Waals surface area contributed by atoms with Crippen LogP contribution in [0.15, 0.2) is 66.7 Å². The van der Waals surface area contributed by atoms with Crippen molar-refractivity contribution in [2.24, 2.45) is 0 Å². The lowest BCUT2D eigenvalue weighted by Gasteiger charge is -2.24. The monoisotopic (exact) mass is 615 g/mol. The van der Waals surface area contributed by atoms with Gasteiger partial charge in [0, 0.05) is 12.2 Å². The first-order valence-electron chi connectivity index (χ1n) is 13.0. The first-order valence-corrected chi connectivity index (χ1v) is 13.4. The minimum absolute atomic E-state index is 0.0231. The molecule has 43 heavy (non-hydrogen) atoms. The summed E-state index contributed by atoms with van der Waals surface area (Å²) in [6.45, 7) is 0.182. The number of ether oxygens (including phenoxy) is 3. The second-order valence-corrected chi connectivity index (χ2v) is 9.84. The van der Waals surface area contributed by atoms with Crippen LogP contribution < -0.4 is 19.7 Å². The molecule has 3 aromatic rings. The molecule has 0 spiro atoms. The number of hydrogen-bond donors (Lipinski definition) is 1. The van der Waals surface area contributed by atoms with Gasteiger partial charge in [-0.15, -0.1) is 0 Å². The van der Waals surface area contributed by atoms with E-state index < -0.39 is 35.6 Å². The lowest BCUT2D eigenvalue weighted by Crippen LogP contribution is -2.39. The molecule has 3 aromatic carbocycles. The SMILES string of the molecule is COC(=O)c1ccc(NC(=O)CC2C(=O)N(c3cccc(C(F)(F)F)c3)C(=S)N2CCc2ccc(OC)c(OC)c2)cc1. The molecule has 1 heterocycles. The molecule has 0 bridgehead atoms. The topological polar surface area (TPSA) is 97.4 Å². The zero-order valence-electron chi connectivity index (χ0n) is 23.4. The van der Waals surface area contributed by atoms with Crippen molar-refractivity contribution in [1.29, 1.82) is 0 Å². The van der Waals surface area contributed by atoms with Crippen LogP contribution >= 0.6 is 12.2 Å². The smallest absolute Gasteiger partial charge is 0.416 e. The Kier molecular flexibility index (Phi) is 9.54. The van der Waals surface area contributed by atoms with Crippen LogP contribution in [0.4, 0.5) is 24.5 Å². The number of carbonyl (C=O) groups excluding carboxylic acids is 3. The fourth-order valence-electron chi connectivity index (χ4n) is 4.63. The number of esters is 1. The highest BCUT2D eigenvalue weighted by molar-refractivity contribution is 7.80. The maximum Gasteiger partial charge on any atom is 0.416 e. The molecule has 0 radical (unpaired) electrons. The molecule has 1 aliphatic rings. The number of amides is 2. The summed E-state index contributed by atoms with van der Waals surface area (Å²) in [7, 11) is 4.26. The molecule has 1 N–H and O–H groups in total. The minimum atomic E-state index is -4.63. The second kappa shape index (κ2) is 13.1. The van der Waals surface area contributed by atoms with Gasteiger partial charge in [-0.05, 0) is 78.8 Å². The highest BCUT2D eigenvalue weighted by atomic mass is 32.1. The first-order chi connectivity index (χ1) is 20.5. The number of nitrogens with one attached hydrogen (secondary N) is 1. The molecule has 9 nitrogen and oxygen atoms in total. The van der Waals surface area contributed by atoms with Crippen LogP contribution in [0.2, 0.25) is 0 Å². The Labute approximate surface area is 251 Å². The number of rotatable bonds is 10. The van der Waals surface area contributed by atoms with Crippen LogP contribution in [-0.2, 0) is 26.9 Å². The quantitative estimate of drug-likeness (QED) is 0.249. The van der Waals surface area contributed by atoms with E-state index in [1.54, 1.807) is 12.1 Å². The molecule has 13 heteroatoms. The highest BCUT2D eigenvalue weighted by Crippen LogP contribution is 2.34.